The molecule has 0 radical (unpaired) electrons. The summed E-state index contributed by atoms with van der Waals surface area (Å²) in [6, 6.07) is 1.57. The summed E-state index contributed by atoms with van der Waals surface area (Å²) in [4.78, 5) is 0. The Kier molecular flexibility index (Phi) is 2.49. The third-order valence-corrected chi connectivity index (χ3v) is 2.09. The van der Waals surface area contributed by atoms with E-state index in [-0.39, 0.29) is 5.75 Å². The van der Waals surface area contributed by atoms with E-state index in [1.807, 2.05) is 6.92 Å². The minimum Gasteiger partial charge on any atom is -0.285 e. The van der Waals surface area contributed by atoms with Crippen molar-refractivity contribution in [1.82, 2.24) is 9.78 Å². The first-order chi connectivity index (χ1) is 5.53. The summed E-state index contributed by atoms with van der Waals surface area (Å²) in [7, 11) is -3.94. The van der Waals surface area contributed by atoms with E-state index in [0.29, 0.717) is 12.2 Å². The lowest BCUT2D eigenvalue weighted by Crippen LogP contribution is -2.08. The fourth-order valence-corrected chi connectivity index (χ4v) is 1.57. The second kappa shape index (κ2) is 3.24. The Morgan fingerprint density at radius 1 is 1.67 bits per heavy atom. The predicted molar refractivity (Wildman–Crippen MR) is 43.2 cm³/mol. The molecule has 0 bridgehead atoms. The zero-order valence-corrected chi connectivity index (χ0v) is 7.45. The van der Waals surface area contributed by atoms with Gasteiger partial charge in [0.1, 0.15) is 5.75 Å². The van der Waals surface area contributed by atoms with Gasteiger partial charge < -0.3 is 0 Å². The summed E-state index contributed by atoms with van der Waals surface area (Å²) >= 11 is 0. The van der Waals surface area contributed by atoms with Crippen molar-refractivity contribution in [3.63, 3.8) is 0 Å². The van der Waals surface area contributed by atoms with E-state index in [2.05, 4.69) is 5.10 Å². The van der Waals surface area contributed by atoms with Crippen LogP contribution in [-0.2, 0) is 22.4 Å². The van der Waals surface area contributed by atoms with Crippen LogP contribution in [0.3, 0.4) is 0 Å². The number of hydrogen-bond donors (Lipinski definition) is 1. The Balaban J connectivity index is 2.89. The van der Waals surface area contributed by atoms with E-state index in [1.165, 1.54) is 10.9 Å². The second-order valence-electron chi connectivity index (χ2n) is 2.36. The summed E-state index contributed by atoms with van der Waals surface area (Å²) in [5.41, 5.74) is 0.500. The molecule has 0 spiro atoms. The summed E-state index contributed by atoms with van der Waals surface area (Å²) in [6.45, 7) is 2.44. The maximum absolute atomic E-state index is 10.5. The Labute approximate surface area is 70.8 Å². The lowest BCUT2D eigenvalue weighted by molar-refractivity contribution is 0.479. The molecule has 1 rings (SSSR count). The minimum absolute atomic E-state index is 0.374. The lowest BCUT2D eigenvalue weighted by Gasteiger charge is -2.01. The van der Waals surface area contributed by atoms with Gasteiger partial charge in [-0.15, -0.1) is 0 Å². The van der Waals surface area contributed by atoms with Crippen molar-refractivity contribution >= 4 is 10.1 Å². The highest BCUT2D eigenvalue weighted by atomic mass is 32.2. The Morgan fingerprint density at radius 3 is 2.83 bits per heavy atom. The first kappa shape index (κ1) is 9.21. The summed E-state index contributed by atoms with van der Waals surface area (Å²) in [5.74, 6) is -0.374. The van der Waals surface area contributed by atoms with Gasteiger partial charge in [0, 0.05) is 12.7 Å². The average Bonchev–Trinajstić information content (AvgIpc) is 2.31. The van der Waals surface area contributed by atoms with Gasteiger partial charge >= 0.3 is 0 Å². The van der Waals surface area contributed by atoms with Crippen LogP contribution < -0.4 is 0 Å². The van der Waals surface area contributed by atoms with Gasteiger partial charge in [0.15, 0.2) is 0 Å². The third-order valence-electron chi connectivity index (χ3n) is 1.43. The van der Waals surface area contributed by atoms with Crippen LogP contribution in [0, 0.1) is 0 Å². The molecule has 0 aliphatic carbocycles. The second-order valence-corrected chi connectivity index (χ2v) is 3.82. The van der Waals surface area contributed by atoms with Crippen LogP contribution in [0.15, 0.2) is 12.3 Å². The Hall–Kier alpha value is -0.880. The molecule has 0 amide bonds. The molecule has 68 valence electrons. The molecule has 6 heteroatoms. The van der Waals surface area contributed by atoms with Gasteiger partial charge in [-0.1, -0.05) is 0 Å². The SMILES string of the molecule is CCn1nccc1CS(=O)(=O)O. The summed E-state index contributed by atoms with van der Waals surface area (Å²) in [5, 5.41) is 3.86. The predicted octanol–water partition coefficient (Wildman–Crippen LogP) is 0.291. The minimum atomic E-state index is -3.94. The topological polar surface area (TPSA) is 72.2 Å². The van der Waals surface area contributed by atoms with Crippen molar-refractivity contribution in [2.45, 2.75) is 19.2 Å². The van der Waals surface area contributed by atoms with Crippen LogP contribution in [0.4, 0.5) is 0 Å². The van der Waals surface area contributed by atoms with Gasteiger partial charge in [-0.25, -0.2) is 0 Å². The van der Waals surface area contributed by atoms with Gasteiger partial charge in [-0.05, 0) is 13.0 Å². The molecule has 0 aromatic carbocycles. The summed E-state index contributed by atoms with van der Waals surface area (Å²) < 4.78 is 31.0. The van der Waals surface area contributed by atoms with Crippen molar-refractivity contribution in [2.75, 3.05) is 0 Å². The highest BCUT2D eigenvalue weighted by Gasteiger charge is 2.09. The molecule has 0 unspecified atom stereocenters. The van der Waals surface area contributed by atoms with Crippen LogP contribution in [0.5, 0.6) is 0 Å². The number of nitrogens with zero attached hydrogens (tertiary/aromatic N) is 2. The molecule has 0 atom stereocenters. The van der Waals surface area contributed by atoms with Crippen molar-refractivity contribution < 1.29 is 13.0 Å². The van der Waals surface area contributed by atoms with E-state index >= 15 is 0 Å². The number of aryl methyl sites for hydroxylation is 1. The molecule has 0 saturated carbocycles. The molecule has 1 N–H and O–H groups in total. The lowest BCUT2D eigenvalue weighted by atomic mass is 10.5. The highest BCUT2D eigenvalue weighted by molar-refractivity contribution is 7.85. The summed E-state index contributed by atoms with van der Waals surface area (Å²) in [6.07, 6.45) is 1.50. The molecule has 0 aliphatic rings. The van der Waals surface area contributed by atoms with Crippen molar-refractivity contribution in [1.29, 1.82) is 0 Å². The smallest absolute Gasteiger partial charge is 0.270 e. The monoisotopic (exact) mass is 190 g/mol. The average molecular weight is 190 g/mol. The van der Waals surface area contributed by atoms with E-state index in [4.69, 9.17) is 4.55 Å². The molecule has 1 aromatic heterocycles. The maximum atomic E-state index is 10.5. The Bertz CT molecular complexity index is 355. The van der Waals surface area contributed by atoms with Gasteiger partial charge in [0.2, 0.25) is 0 Å². The van der Waals surface area contributed by atoms with Gasteiger partial charge in [0.05, 0.1) is 5.69 Å². The van der Waals surface area contributed by atoms with Crippen LogP contribution in [0.25, 0.3) is 0 Å². The van der Waals surface area contributed by atoms with E-state index in [9.17, 15) is 8.42 Å². The molecule has 1 aromatic rings. The van der Waals surface area contributed by atoms with E-state index < -0.39 is 10.1 Å². The third kappa shape index (κ3) is 2.31. The van der Waals surface area contributed by atoms with Crippen LogP contribution in [0.1, 0.15) is 12.6 Å². The first-order valence-electron chi connectivity index (χ1n) is 3.49. The number of rotatable bonds is 3. The molecule has 5 nitrogen and oxygen atoms in total. The zero-order valence-electron chi connectivity index (χ0n) is 6.64. The standard InChI is InChI=1S/C6H10N2O3S/c1-2-8-6(3-4-7-8)5-12(9,10)11/h3-4H,2,5H2,1H3,(H,9,10,11). The van der Waals surface area contributed by atoms with Gasteiger partial charge in [0.25, 0.3) is 10.1 Å². The largest absolute Gasteiger partial charge is 0.285 e. The fourth-order valence-electron chi connectivity index (χ4n) is 0.954. The molecular formula is C6H10N2O3S. The van der Waals surface area contributed by atoms with Crippen molar-refractivity contribution in [2.24, 2.45) is 0 Å². The van der Waals surface area contributed by atoms with E-state index in [0.717, 1.165) is 0 Å². The van der Waals surface area contributed by atoms with Crippen LogP contribution in [0.2, 0.25) is 0 Å². The zero-order chi connectivity index (χ0) is 9.19. The number of hydrogen-bond acceptors (Lipinski definition) is 3. The van der Waals surface area contributed by atoms with Gasteiger partial charge in [-0.2, -0.15) is 13.5 Å². The van der Waals surface area contributed by atoms with Crippen molar-refractivity contribution in [3.05, 3.63) is 18.0 Å². The van der Waals surface area contributed by atoms with Crippen LogP contribution >= 0.6 is 0 Å². The molecule has 1 heterocycles. The number of aromatic nitrogens is 2. The molecule has 0 fully saturated rings. The van der Waals surface area contributed by atoms with Crippen LogP contribution in [-0.4, -0.2) is 22.8 Å². The van der Waals surface area contributed by atoms with Gasteiger partial charge in [-0.3, -0.25) is 9.23 Å². The highest BCUT2D eigenvalue weighted by Crippen LogP contribution is 2.03. The normalized spacial score (nSPS) is 11.8. The fraction of sp³-hybridized carbons (Fsp3) is 0.500. The van der Waals surface area contributed by atoms with E-state index in [1.54, 1.807) is 6.07 Å². The van der Waals surface area contributed by atoms with Crippen molar-refractivity contribution in [3.8, 4) is 0 Å². The first-order valence-corrected chi connectivity index (χ1v) is 5.09. The maximum Gasteiger partial charge on any atom is 0.270 e. The quantitative estimate of drug-likeness (QED) is 0.695. The molecule has 12 heavy (non-hydrogen) atoms. The molecule has 0 aliphatic heterocycles. The molecule has 0 saturated heterocycles. The Morgan fingerprint density at radius 2 is 2.33 bits per heavy atom. The molecular weight excluding hydrogens is 180 g/mol.